The molecule has 0 amide bonds. The number of fused-ring (bicyclic) bond motifs is 1. The average molecular weight is 520 g/mol. The van der Waals surface area contributed by atoms with E-state index in [1.807, 2.05) is 44.2 Å². The molecule has 0 spiro atoms. The van der Waals surface area contributed by atoms with E-state index >= 15 is 0 Å². The fourth-order valence-corrected chi connectivity index (χ4v) is 6.99. The van der Waals surface area contributed by atoms with Crippen LogP contribution in [0.4, 0.5) is 5.69 Å². The third kappa shape index (κ3) is 4.73. The van der Waals surface area contributed by atoms with Crippen molar-refractivity contribution in [1.29, 1.82) is 0 Å². The minimum Gasteiger partial charge on any atom is -0.507 e. The standard InChI is InChI=1S/C30H33NO5S/c1-3-17-30(18-4-2)28(32)27(29(33)36-30)26(21-15-16-21)22-11-7-12-23(19-22)31-37(34,35)25-14-8-10-20-9-5-6-13-24(20)25/h5-14,19,21,26,31-32H,3-4,15-18H2,1-2H3. The van der Waals surface area contributed by atoms with E-state index in [-0.39, 0.29) is 22.5 Å². The lowest BCUT2D eigenvalue weighted by atomic mass is 9.82. The second kappa shape index (κ2) is 9.86. The zero-order valence-electron chi connectivity index (χ0n) is 21.2. The Labute approximate surface area is 218 Å². The molecule has 0 aromatic heterocycles. The van der Waals surface area contributed by atoms with Gasteiger partial charge in [-0.15, -0.1) is 0 Å². The highest BCUT2D eigenvalue weighted by Crippen LogP contribution is 2.52. The van der Waals surface area contributed by atoms with Gasteiger partial charge in [-0.2, -0.15) is 0 Å². The molecule has 1 fully saturated rings. The number of carbonyl (C=O) groups excluding carboxylic acids is 1. The topological polar surface area (TPSA) is 92.7 Å². The zero-order valence-corrected chi connectivity index (χ0v) is 22.1. The number of rotatable bonds is 10. The summed E-state index contributed by atoms with van der Waals surface area (Å²) >= 11 is 0. The summed E-state index contributed by atoms with van der Waals surface area (Å²) in [6, 6.07) is 19.7. The summed E-state index contributed by atoms with van der Waals surface area (Å²) in [5.41, 5.74) is 0.577. The van der Waals surface area contributed by atoms with E-state index in [9.17, 15) is 18.3 Å². The number of aliphatic hydroxyl groups is 1. The van der Waals surface area contributed by atoms with Crippen LogP contribution in [0.3, 0.4) is 0 Å². The summed E-state index contributed by atoms with van der Waals surface area (Å²) in [6.45, 7) is 4.03. The second-order valence-corrected chi connectivity index (χ2v) is 11.8. The van der Waals surface area contributed by atoms with E-state index in [2.05, 4.69) is 4.72 Å². The maximum absolute atomic E-state index is 13.4. The summed E-state index contributed by atoms with van der Waals surface area (Å²) in [5, 5.41) is 12.9. The molecule has 0 bridgehead atoms. The second-order valence-electron chi connectivity index (χ2n) is 10.2. The van der Waals surface area contributed by atoms with E-state index < -0.39 is 21.6 Å². The van der Waals surface area contributed by atoms with Crippen LogP contribution in [0.25, 0.3) is 10.8 Å². The lowest BCUT2D eigenvalue weighted by Crippen LogP contribution is -2.31. The Balaban J connectivity index is 1.51. The fourth-order valence-electron chi connectivity index (χ4n) is 5.71. The van der Waals surface area contributed by atoms with Crippen molar-refractivity contribution in [3.63, 3.8) is 0 Å². The summed E-state index contributed by atoms with van der Waals surface area (Å²) in [6.07, 6.45) is 4.59. The molecular formula is C30H33NO5S. The molecule has 0 radical (unpaired) electrons. The summed E-state index contributed by atoms with van der Waals surface area (Å²) < 4.78 is 35.4. The Hall–Kier alpha value is -3.32. The first-order chi connectivity index (χ1) is 17.8. The van der Waals surface area contributed by atoms with Gasteiger partial charge in [-0.3, -0.25) is 4.72 Å². The molecule has 1 atom stereocenters. The van der Waals surface area contributed by atoms with E-state index in [0.717, 1.165) is 36.6 Å². The molecule has 2 N–H and O–H groups in total. The van der Waals surface area contributed by atoms with Gasteiger partial charge in [0.15, 0.2) is 5.60 Å². The van der Waals surface area contributed by atoms with Crippen LogP contribution in [0, 0.1) is 5.92 Å². The number of sulfonamides is 1. The minimum absolute atomic E-state index is 0.0554. The minimum atomic E-state index is -3.86. The number of hydrogen-bond donors (Lipinski definition) is 2. The van der Waals surface area contributed by atoms with Gasteiger partial charge in [-0.05, 0) is 60.7 Å². The van der Waals surface area contributed by atoms with E-state index in [1.165, 1.54) is 0 Å². The number of hydrogen-bond acceptors (Lipinski definition) is 5. The number of nitrogens with one attached hydrogen (secondary N) is 1. The van der Waals surface area contributed by atoms with E-state index in [4.69, 9.17) is 4.74 Å². The SMILES string of the molecule is CCCC1(CCC)OC(=O)C(C(c2cccc(NS(=O)(=O)c3cccc4ccccc34)c2)C2CC2)=C1O. The van der Waals surface area contributed by atoms with Crippen LogP contribution < -0.4 is 4.72 Å². The molecule has 37 heavy (non-hydrogen) atoms. The number of anilines is 1. The number of esters is 1. The van der Waals surface area contributed by atoms with Crippen LogP contribution in [0.15, 0.2) is 83.0 Å². The molecule has 1 aliphatic heterocycles. The monoisotopic (exact) mass is 519 g/mol. The number of aliphatic hydroxyl groups excluding tert-OH is 1. The van der Waals surface area contributed by atoms with Crippen LogP contribution in [-0.2, 0) is 19.6 Å². The van der Waals surface area contributed by atoms with Crippen LogP contribution in [0.1, 0.15) is 63.9 Å². The predicted octanol–water partition coefficient (Wildman–Crippen LogP) is 6.84. The molecular weight excluding hydrogens is 486 g/mol. The van der Waals surface area contributed by atoms with Crippen molar-refractivity contribution in [2.75, 3.05) is 4.72 Å². The largest absolute Gasteiger partial charge is 0.507 e. The molecule has 0 saturated heterocycles. The summed E-state index contributed by atoms with van der Waals surface area (Å²) in [4.78, 5) is 13.4. The number of carbonyl (C=O) groups is 1. The van der Waals surface area contributed by atoms with Crippen LogP contribution in [0.2, 0.25) is 0 Å². The van der Waals surface area contributed by atoms with Gasteiger partial charge < -0.3 is 9.84 Å². The Morgan fingerprint density at radius 3 is 2.38 bits per heavy atom. The molecule has 1 unspecified atom stereocenters. The molecule has 2 aliphatic rings. The zero-order chi connectivity index (χ0) is 26.2. The van der Waals surface area contributed by atoms with Crippen molar-refractivity contribution in [3.05, 3.63) is 83.6 Å². The van der Waals surface area contributed by atoms with Crippen molar-refractivity contribution in [1.82, 2.24) is 0 Å². The van der Waals surface area contributed by atoms with Gasteiger partial charge in [0, 0.05) is 17.0 Å². The lowest BCUT2D eigenvalue weighted by molar-refractivity contribution is -0.149. The molecule has 1 saturated carbocycles. The maximum Gasteiger partial charge on any atom is 0.339 e. The van der Waals surface area contributed by atoms with Gasteiger partial charge in [0.2, 0.25) is 0 Å². The first kappa shape index (κ1) is 25.3. The van der Waals surface area contributed by atoms with E-state index in [1.54, 1.807) is 36.4 Å². The van der Waals surface area contributed by atoms with Crippen molar-refractivity contribution in [2.24, 2.45) is 5.92 Å². The van der Waals surface area contributed by atoms with Crippen molar-refractivity contribution >= 4 is 32.5 Å². The van der Waals surface area contributed by atoms with Crippen molar-refractivity contribution in [3.8, 4) is 0 Å². The van der Waals surface area contributed by atoms with Gasteiger partial charge in [-0.25, -0.2) is 13.2 Å². The Morgan fingerprint density at radius 2 is 1.68 bits per heavy atom. The molecule has 1 aliphatic carbocycles. The number of cyclic esters (lactones) is 1. The molecule has 6 nitrogen and oxygen atoms in total. The average Bonchev–Trinajstić information content (AvgIpc) is 3.68. The normalized spacial score (nSPS) is 18.2. The predicted molar refractivity (Wildman–Crippen MR) is 145 cm³/mol. The molecule has 194 valence electrons. The summed E-state index contributed by atoms with van der Waals surface area (Å²) in [7, 11) is -3.86. The highest BCUT2D eigenvalue weighted by molar-refractivity contribution is 7.93. The lowest BCUT2D eigenvalue weighted by Gasteiger charge is -2.27. The third-order valence-corrected chi connectivity index (χ3v) is 8.88. The van der Waals surface area contributed by atoms with Crippen LogP contribution >= 0.6 is 0 Å². The highest BCUT2D eigenvalue weighted by atomic mass is 32.2. The molecule has 5 rings (SSSR count). The molecule has 7 heteroatoms. The van der Waals surface area contributed by atoms with Gasteiger partial charge >= 0.3 is 5.97 Å². The van der Waals surface area contributed by atoms with Crippen LogP contribution in [-0.4, -0.2) is 25.1 Å². The molecule has 3 aromatic rings. The van der Waals surface area contributed by atoms with Crippen molar-refractivity contribution < 1.29 is 23.1 Å². The van der Waals surface area contributed by atoms with Gasteiger partial charge in [-0.1, -0.05) is 75.2 Å². The maximum atomic E-state index is 13.4. The van der Waals surface area contributed by atoms with Gasteiger partial charge in [0.05, 0.1) is 10.5 Å². The number of benzene rings is 3. The van der Waals surface area contributed by atoms with E-state index in [0.29, 0.717) is 29.5 Å². The van der Waals surface area contributed by atoms with Gasteiger partial charge in [0.25, 0.3) is 10.0 Å². The molecule has 3 aromatic carbocycles. The highest BCUT2D eigenvalue weighted by Gasteiger charge is 2.51. The Kier molecular flexibility index (Phi) is 6.75. The Bertz CT molecular complexity index is 1460. The van der Waals surface area contributed by atoms with Gasteiger partial charge in [0.1, 0.15) is 5.76 Å². The first-order valence-electron chi connectivity index (χ1n) is 13.1. The third-order valence-electron chi connectivity index (χ3n) is 7.44. The Morgan fingerprint density at radius 1 is 1.00 bits per heavy atom. The quantitative estimate of drug-likeness (QED) is 0.286. The van der Waals surface area contributed by atoms with Crippen LogP contribution in [0.5, 0.6) is 0 Å². The fraction of sp³-hybridized carbons (Fsp3) is 0.367. The number of ether oxygens (including phenoxy) is 1. The first-order valence-corrected chi connectivity index (χ1v) is 14.6. The smallest absolute Gasteiger partial charge is 0.339 e. The van der Waals surface area contributed by atoms with Crippen molar-refractivity contribution in [2.45, 2.75) is 68.8 Å². The molecule has 1 heterocycles. The summed E-state index contributed by atoms with van der Waals surface area (Å²) in [5.74, 6) is -0.545.